The van der Waals surface area contributed by atoms with Crippen molar-refractivity contribution >= 4 is 69.6 Å². The molecule has 1 saturated carbocycles. The van der Waals surface area contributed by atoms with Gasteiger partial charge in [-0.3, -0.25) is 0 Å². The van der Waals surface area contributed by atoms with Gasteiger partial charge in [0, 0.05) is 41.3 Å². The number of hydrogen-bond acceptors (Lipinski definition) is 2. The summed E-state index contributed by atoms with van der Waals surface area (Å²) in [5, 5.41) is 20.3. The Morgan fingerprint density at radius 3 is 1.54 bits per heavy atom. The van der Waals surface area contributed by atoms with E-state index in [0.717, 1.165) is 18.4 Å². The standard InChI is InChI=1S/C10H6Cl3N.C8H4Cl3N/c11-6-3-7(12)9(8(13)4-6)10(5-14)1-2-10;9-5-3-7(10)6(1-2-12)8(11)4-5/h3-4H,1-2H2;3-4H,1H2. The fourth-order valence-corrected chi connectivity index (χ4v) is 4.49. The smallest absolute Gasteiger partial charge is 0.0852 e. The Bertz CT molecular complexity index is 876. The minimum Gasteiger partial charge on any atom is -0.198 e. The third kappa shape index (κ3) is 4.90. The van der Waals surface area contributed by atoms with Crippen molar-refractivity contribution in [3.63, 3.8) is 0 Å². The first kappa shape index (κ1) is 21.5. The van der Waals surface area contributed by atoms with Crippen LogP contribution in [0.15, 0.2) is 24.3 Å². The van der Waals surface area contributed by atoms with Crippen LogP contribution < -0.4 is 0 Å². The third-order valence-electron chi connectivity index (χ3n) is 3.81. The first-order valence-corrected chi connectivity index (χ1v) is 9.57. The Morgan fingerprint density at radius 1 is 0.769 bits per heavy atom. The summed E-state index contributed by atoms with van der Waals surface area (Å²) < 4.78 is 0. The molecule has 2 nitrogen and oxygen atoms in total. The second-order valence-corrected chi connectivity index (χ2v) is 8.12. The summed E-state index contributed by atoms with van der Waals surface area (Å²) in [6, 6.07) is 10.6. The number of nitriles is 2. The van der Waals surface area contributed by atoms with Gasteiger partial charge in [-0.05, 0) is 37.1 Å². The lowest BCUT2D eigenvalue weighted by Gasteiger charge is -2.11. The van der Waals surface area contributed by atoms with Crippen molar-refractivity contribution in [1.29, 1.82) is 10.5 Å². The topological polar surface area (TPSA) is 47.6 Å². The van der Waals surface area contributed by atoms with Crippen molar-refractivity contribution in [3.05, 3.63) is 65.5 Å². The van der Waals surface area contributed by atoms with Crippen LogP contribution in [0.1, 0.15) is 24.0 Å². The average molecular weight is 467 g/mol. The summed E-state index contributed by atoms with van der Waals surface area (Å²) in [4.78, 5) is 0. The van der Waals surface area contributed by atoms with Gasteiger partial charge in [0.2, 0.25) is 0 Å². The molecule has 1 aliphatic rings. The molecule has 8 heteroatoms. The zero-order chi connectivity index (χ0) is 19.5. The Hall–Kier alpha value is -0.840. The molecule has 0 atom stereocenters. The van der Waals surface area contributed by atoms with E-state index >= 15 is 0 Å². The van der Waals surface area contributed by atoms with Crippen LogP contribution >= 0.6 is 69.6 Å². The van der Waals surface area contributed by atoms with Crippen LogP contribution in [0.3, 0.4) is 0 Å². The molecule has 0 bridgehead atoms. The fraction of sp³-hybridized carbons (Fsp3) is 0.222. The normalized spacial score (nSPS) is 13.8. The molecule has 26 heavy (non-hydrogen) atoms. The molecule has 0 aromatic heterocycles. The predicted molar refractivity (Wildman–Crippen MR) is 109 cm³/mol. The van der Waals surface area contributed by atoms with Crippen LogP contribution in [-0.4, -0.2) is 0 Å². The zero-order valence-electron chi connectivity index (χ0n) is 13.1. The molecule has 0 aliphatic heterocycles. The van der Waals surface area contributed by atoms with Gasteiger partial charge in [-0.1, -0.05) is 69.6 Å². The molecule has 0 spiro atoms. The molecule has 0 heterocycles. The summed E-state index contributed by atoms with van der Waals surface area (Å²) in [6.45, 7) is 0. The second kappa shape index (κ2) is 8.90. The van der Waals surface area contributed by atoms with Crippen molar-refractivity contribution in [2.45, 2.75) is 24.7 Å². The highest BCUT2D eigenvalue weighted by Gasteiger charge is 2.47. The summed E-state index contributed by atoms with van der Waals surface area (Å²) >= 11 is 35.1. The Morgan fingerprint density at radius 2 is 1.19 bits per heavy atom. The summed E-state index contributed by atoms with van der Waals surface area (Å²) in [6.07, 6.45) is 1.85. The van der Waals surface area contributed by atoms with E-state index in [1.165, 1.54) is 0 Å². The molecule has 3 rings (SSSR count). The van der Waals surface area contributed by atoms with Crippen LogP contribution in [-0.2, 0) is 11.8 Å². The highest BCUT2D eigenvalue weighted by atomic mass is 35.5. The van der Waals surface area contributed by atoms with E-state index < -0.39 is 5.41 Å². The second-order valence-electron chi connectivity index (χ2n) is 5.62. The molecular formula is C18H10Cl6N2. The van der Waals surface area contributed by atoms with Crippen LogP contribution in [0.5, 0.6) is 0 Å². The van der Waals surface area contributed by atoms with Gasteiger partial charge in [-0.25, -0.2) is 0 Å². The molecule has 0 saturated heterocycles. The lowest BCUT2D eigenvalue weighted by molar-refractivity contribution is 0.909. The molecule has 2 aromatic rings. The lowest BCUT2D eigenvalue weighted by Crippen LogP contribution is -2.04. The average Bonchev–Trinajstić information content (AvgIpc) is 3.31. The van der Waals surface area contributed by atoms with Crippen molar-refractivity contribution in [1.82, 2.24) is 0 Å². The predicted octanol–water partition coefficient (Wildman–Crippen LogP) is 7.91. The van der Waals surface area contributed by atoms with Gasteiger partial charge in [0.05, 0.1) is 24.0 Å². The lowest BCUT2D eigenvalue weighted by atomic mass is 9.98. The minimum atomic E-state index is -0.460. The molecule has 1 aliphatic carbocycles. The van der Waals surface area contributed by atoms with Crippen molar-refractivity contribution < 1.29 is 0 Å². The number of benzene rings is 2. The van der Waals surface area contributed by atoms with E-state index in [1.807, 2.05) is 6.07 Å². The van der Waals surface area contributed by atoms with E-state index in [2.05, 4.69) is 6.07 Å². The Balaban J connectivity index is 0.000000190. The molecular weight excluding hydrogens is 457 g/mol. The fourth-order valence-electron chi connectivity index (χ4n) is 2.36. The van der Waals surface area contributed by atoms with E-state index in [4.69, 9.17) is 80.1 Å². The van der Waals surface area contributed by atoms with Crippen molar-refractivity contribution in [2.75, 3.05) is 0 Å². The molecule has 0 amide bonds. The van der Waals surface area contributed by atoms with E-state index in [0.29, 0.717) is 35.7 Å². The maximum atomic E-state index is 9.03. The SMILES string of the molecule is N#CC1(c2c(Cl)cc(Cl)cc2Cl)CC1.N#CCc1c(Cl)cc(Cl)cc1Cl. The molecule has 0 unspecified atom stereocenters. The van der Waals surface area contributed by atoms with Gasteiger partial charge < -0.3 is 0 Å². The number of nitrogens with zero attached hydrogens (tertiary/aromatic N) is 2. The van der Waals surface area contributed by atoms with E-state index in [9.17, 15) is 0 Å². The van der Waals surface area contributed by atoms with Gasteiger partial charge in [-0.2, -0.15) is 10.5 Å². The highest BCUT2D eigenvalue weighted by molar-refractivity contribution is 6.40. The Kier molecular flexibility index (Phi) is 7.35. The highest BCUT2D eigenvalue weighted by Crippen LogP contribution is 2.52. The molecule has 2 aromatic carbocycles. The van der Waals surface area contributed by atoms with E-state index in [1.54, 1.807) is 24.3 Å². The van der Waals surface area contributed by atoms with Gasteiger partial charge in [0.25, 0.3) is 0 Å². The van der Waals surface area contributed by atoms with Crippen LogP contribution in [0.2, 0.25) is 30.1 Å². The Labute approximate surface area is 181 Å². The van der Waals surface area contributed by atoms with E-state index in [-0.39, 0.29) is 6.42 Å². The zero-order valence-corrected chi connectivity index (χ0v) is 17.6. The van der Waals surface area contributed by atoms with Crippen LogP contribution in [0, 0.1) is 22.7 Å². The molecule has 0 radical (unpaired) electrons. The summed E-state index contributed by atoms with van der Waals surface area (Å²) in [7, 11) is 0. The molecule has 1 fully saturated rings. The number of halogens is 6. The largest absolute Gasteiger partial charge is 0.198 e. The maximum absolute atomic E-state index is 9.03. The first-order chi connectivity index (χ1) is 12.2. The quantitative estimate of drug-likeness (QED) is 0.451. The minimum absolute atomic E-state index is 0.203. The van der Waals surface area contributed by atoms with Crippen LogP contribution in [0.25, 0.3) is 0 Å². The maximum Gasteiger partial charge on any atom is 0.0852 e. The van der Waals surface area contributed by atoms with Crippen molar-refractivity contribution in [2.24, 2.45) is 0 Å². The monoisotopic (exact) mass is 464 g/mol. The van der Waals surface area contributed by atoms with Gasteiger partial charge in [0.15, 0.2) is 0 Å². The van der Waals surface area contributed by atoms with Gasteiger partial charge in [-0.15, -0.1) is 0 Å². The summed E-state index contributed by atoms with van der Waals surface area (Å²) in [5.41, 5.74) is 0.900. The molecule has 0 N–H and O–H groups in total. The molecule has 134 valence electrons. The first-order valence-electron chi connectivity index (χ1n) is 7.30. The van der Waals surface area contributed by atoms with Gasteiger partial charge >= 0.3 is 0 Å². The number of hydrogen-bond donors (Lipinski definition) is 0. The number of rotatable bonds is 2. The summed E-state index contributed by atoms with van der Waals surface area (Å²) in [5.74, 6) is 0. The third-order valence-corrected chi connectivity index (χ3v) is 5.52. The van der Waals surface area contributed by atoms with Gasteiger partial charge in [0.1, 0.15) is 0 Å². The van der Waals surface area contributed by atoms with Crippen LogP contribution in [0.4, 0.5) is 0 Å². The van der Waals surface area contributed by atoms with Crippen molar-refractivity contribution in [3.8, 4) is 12.1 Å².